The van der Waals surface area contributed by atoms with E-state index in [0.717, 1.165) is 0 Å². The number of carbonyl (C=O) groups excluding carboxylic acids is 4. The summed E-state index contributed by atoms with van der Waals surface area (Å²) in [6, 6.07) is 41.9. The van der Waals surface area contributed by atoms with E-state index in [0.29, 0.717) is 39.8 Å². The molecule has 1 atom stereocenters. The lowest BCUT2D eigenvalue weighted by Crippen LogP contribution is -2.51. The number of nitrogens with two attached hydrogens (primary N) is 1. The van der Waals surface area contributed by atoms with Crippen LogP contribution in [0.25, 0.3) is 0 Å². The molecule has 1 heterocycles. The number of carboxylic acid groups (broad SMARTS) is 1. The van der Waals surface area contributed by atoms with Crippen molar-refractivity contribution in [1.82, 2.24) is 25.8 Å². The number of urea groups is 1. The molecule has 0 saturated carbocycles. The molecule has 58 heavy (non-hydrogen) atoms. The summed E-state index contributed by atoms with van der Waals surface area (Å²) in [6.45, 7) is -0.579. The Balaban J connectivity index is 1.36. The highest BCUT2D eigenvalue weighted by atomic mass is 16.4. The van der Waals surface area contributed by atoms with Crippen LogP contribution in [-0.2, 0) is 37.8 Å². The fraction of sp³-hybridized carbons (Fsp3) is 0.200. The van der Waals surface area contributed by atoms with E-state index in [-0.39, 0.29) is 32.0 Å². The first-order valence-electron chi connectivity index (χ1n) is 18.9. The summed E-state index contributed by atoms with van der Waals surface area (Å²) in [4.78, 5) is 71.4. The van der Waals surface area contributed by atoms with Crippen molar-refractivity contribution in [2.75, 3.05) is 13.1 Å². The number of amides is 5. The molecule has 1 saturated heterocycles. The maximum atomic E-state index is 15.1. The highest BCUT2D eigenvalue weighted by Crippen LogP contribution is 2.37. The van der Waals surface area contributed by atoms with Gasteiger partial charge in [0.15, 0.2) is 11.5 Å². The second kappa shape index (κ2) is 18.6. The number of rotatable bonds is 17. The van der Waals surface area contributed by atoms with Crippen molar-refractivity contribution in [2.24, 2.45) is 5.73 Å². The molecule has 1 fully saturated rings. The van der Waals surface area contributed by atoms with Crippen molar-refractivity contribution in [3.8, 4) is 0 Å². The summed E-state index contributed by atoms with van der Waals surface area (Å²) in [6.07, 6.45) is 0.420. The van der Waals surface area contributed by atoms with Crippen molar-refractivity contribution in [3.05, 3.63) is 179 Å². The van der Waals surface area contributed by atoms with E-state index in [2.05, 4.69) is 16.0 Å². The fourth-order valence-electron chi connectivity index (χ4n) is 7.36. The van der Waals surface area contributed by atoms with E-state index >= 15 is 4.79 Å². The molecule has 1 aliphatic rings. The van der Waals surface area contributed by atoms with Gasteiger partial charge in [-0.15, -0.1) is 0 Å². The average Bonchev–Trinajstić information content (AvgIpc) is 3.49. The van der Waals surface area contributed by atoms with Gasteiger partial charge in [-0.3, -0.25) is 29.5 Å². The van der Waals surface area contributed by atoms with Crippen molar-refractivity contribution >= 4 is 35.7 Å². The summed E-state index contributed by atoms with van der Waals surface area (Å²) in [5, 5.41) is 25.2. The van der Waals surface area contributed by atoms with Gasteiger partial charge in [-0.1, -0.05) is 146 Å². The molecule has 0 spiro atoms. The molecule has 0 bridgehead atoms. The largest absolute Gasteiger partial charge is 0.480 e. The van der Waals surface area contributed by atoms with Crippen LogP contribution in [-0.4, -0.2) is 69.7 Å². The van der Waals surface area contributed by atoms with E-state index in [1.807, 2.05) is 97.1 Å². The lowest BCUT2D eigenvalue weighted by molar-refractivity contribution is -0.143. The average molecular weight is 780 g/mol. The van der Waals surface area contributed by atoms with Crippen LogP contribution >= 0.6 is 0 Å². The van der Waals surface area contributed by atoms with Crippen LogP contribution in [0, 0.1) is 5.41 Å². The normalized spacial score (nSPS) is 13.7. The monoisotopic (exact) mass is 779 g/mol. The zero-order valence-electron chi connectivity index (χ0n) is 31.7. The Morgan fingerprint density at radius 1 is 0.759 bits per heavy atom. The Hall–Kier alpha value is -7.28. The molecule has 1 aliphatic heterocycles. The molecule has 296 valence electrons. The summed E-state index contributed by atoms with van der Waals surface area (Å²) in [5.74, 6) is -3.83. The van der Waals surface area contributed by atoms with Crippen molar-refractivity contribution in [3.63, 3.8) is 0 Å². The predicted octanol–water partition coefficient (Wildman–Crippen LogP) is 4.68. The molecule has 5 amide bonds. The molecule has 6 rings (SSSR count). The van der Waals surface area contributed by atoms with Gasteiger partial charge in [-0.05, 0) is 46.2 Å². The van der Waals surface area contributed by atoms with Gasteiger partial charge in [0.2, 0.25) is 11.8 Å². The van der Waals surface area contributed by atoms with E-state index in [9.17, 15) is 24.3 Å². The lowest BCUT2D eigenvalue weighted by atomic mass is 9.82. The van der Waals surface area contributed by atoms with Gasteiger partial charge in [0, 0.05) is 13.1 Å². The van der Waals surface area contributed by atoms with Gasteiger partial charge in [0.05, 0.1) is 12.5 Å². The lowest BCUT2D eigenvalue weighted by Gasteiger charge is -2.34. The number of benzene rings is 5. The molecular weight excluding hydrogens is 735 g/mol. The first-order chi connectivity index (χ1) is 28.1. The van der Waals surface area contributed by atoms with E-state index < -0.39 is 53.8 Å². The van der Waals surface area contributed by atoms with E-state index in [1.54, 1.807) is 48.5 Å². The number of nitrogens with zero attached hydrogens (tertiary/aromatic N) is 2. The Morgan fingerprint density at radius 2 is 1.29 bits per heavy atom. The minimum Gasteiger partial charge on any atom is -0.480 e. The quantitative estimate of drug-likeness (QED) is 0.0339. The SMILES string of the molecule is N=C(N)NCCC[C@H](C(=O)NCC(=O)O)N(Cc1cccc(CN2C(=O)NC(c3ccccc3)(c3ccccc3)C2=O)c1)C(=O)C(c1ccccc1)c1ccccc1. The van der Waals surface area contributed by atoms with Crippen LogP contribution in [0.5, 0.6) is 0 Å². The molecule has 5 aromatic carbocycles. The topological polar surface area (TPSA) is 198 Å². The number of guanidine groups is 1. The van der Waals surface area contributed by atoms with Crippen LogP contribution in [0.4, 0.5) is 4.79 Å². The third-order valence-electron chi connectivity index (χ3n) is 10.1. The van der Waals surface area contributed by atoms with Crippen molar-refractivity contribution < 1.29 is 29.1 Å². The molecule has 0 aromatic heterocycles. The number of hydrogen-bond donors (Lipinski definition) is 6. The maximum absolute atomic E-state index is 15.1. The molecule has 13 nitrogen and oxygen atoms in total. The second-order valence-electron chi connectivity index (χ2n) is 14.0. The fourth-order valence-corrected chi connectivity index (χ4v) is 7.36. The van der Waals surface area contributed by atoms with Crippen LogP contribution < -0.4 is 21.7 Å². The zero-order chi connectivity index (χ0) is 41.1. The number of nitrogens with one attached hydrogen (secondary N) is 4. The number of hydrogen-bond acceptors (Lipinski definition) is 6. The first kappa shape index (κ1) is 40.4. The maximum Gasteiger partial charge on any atom is 0.325 e. The van der Waals surface area contributed by atoms with Gasteiger partial charge in [0.1, 0.15) is 12.6 Å². The van der Waals surface area contributed by atoms with Crippen LogP contribution in [0.2, 0.25) is 0 Å². The number of imide groups is 1. The van der Waals surface area contributed by atoms with Gasteiger partial charge in [-0.25, -0.2) is 4.79 Å². The van der Waals surface area contributed by atoms with Crippen LogP contribution in [0.15, 0.2) is 146 Å². The van der Waals surface area contributed by atoms with Crippen LogP contribution in [0.1, 0.15) is 52.1 Å². The Morgan fingerprint density at radius 3 is 1.83 bits per heavy atom. The smallest absolute Gasteiger partial charge is 0.325 e. The summed E-state index contributed by atoms with van der Waals surface area (Å²) in [7, 11) is 0. The summed E-state index contributed by atoms with van der Waals surface area (Å²) >= 11 is 0. The Kier molecular flexibility index (Phi) is 12.9. The van der Waals surface area contributed by atoms with Gasteiger partial charge >= 0.3 is 12.0 Å². The van der Waals surface area contributed by atoms with Gasteiger partial charge < -0.3 is 31.7 Å². The number of carboxylic acids is 1. The molecule has 0 aliphatic carbocycles. The van der Waals surface area contributed by atoms with Gasteiger partial charge in [-0.2, -0.15) is 0 Å². The molecule has 0 radical (unpaired) electrons. The summed E-state index contributed by atoms with van der Waals surface area (Å²) < 4.78 is 0. The standard InChI is InChI=1S/C45H45N7O6/c46-43(47)48-26-14-25-37(40(55)49-28-38(53)54)51(41(56)39(33-17-5-1-6-18-33)34-19-7-2-8-20-34)29-31-15-13-16-32(27-31)30-52-42(57)45(50-44(52)58,35-21-9-3-10-22-35)36-23-11-4-12-24-36/h1-13,15-24,27,37,39H,14,25-26,28-30H2,(H,49,55)(H,50,58)(H,53,54)(H4,46,47,48)/t37-/m1/s1. The van der Waals surface area contributed by atoms with E-state index in [4.69, 9.17) is 11.1 Å². The van der Waals surface area contributed by atoms with E-state index in [1.165, 1.54) is 9.80 Å². The minimum atomic E-state index is -1.45. The number of aliphatic carboxylic acids is 1. The number of carbonyl (C=O) groups is 5. The highest BCUT2D eigenvalue weighted by molar-refractivity contribution is 6.09. The highest BCUT2D eigenvalue weighted by Gasteiger charge is 2.53. The third-order valence-corrected chi connectivity index (χ3v) is 10.1. The second-order valence-corrected chi connectivity index (χ2v) is 14.0. The molecular formula is C45H45N7O6. The minimum absolute atomic E-state index is 0.0771. The van der Waals surface area contributed by atoms with Crippen molar-refractivity contribution in [1.29, 1.82) is 5.41 Å². The molecule has 13 heteroatoms. The summed E-state index contributed by atoms with van der Waals surface area (Å²) in [5.41, 5.74) is 7.88. The third kappa shape index (κ3) is 9.22. The predicted molar refractivity (Wildman–Crippen MR) is 218 cm³/mol. The molecule has 5 aromatic rings. The van der Waals surface area contributed by atoms with Crippen LogP contribution in [0.3, 0.4) is 0 Å². The Labute approximate surface area is 336 Å². The zero-order valence-corrected chi connectivity index (χ0v) is 31.7. The molecule has 0 unspecified atom stereocenters. The Bertz CT molecular complexity index is 2160. The first-order valence-corrected chi connectivity index (χ1v) is 18.9. The van der Waals surface area contributed by atoms with Crippen molar-refractivity contribution in [2.45, 2.75) is 43.4 Å². The van der Waals surface area contributed by atoms with Gasteiger partial charge in [0.25, 0.3) is 5.91 Å². The molecule has 7 N–H and O–H groups in total.